The van der Waals surface area contributed by atoms with E-state index in [2.05, 4.69) is 0 Å². The lowest BCUT2D eigenvalue weighted by Crippen LogP contribution is -2.30. The Morgan fingerprint density at radius 1 is 1.33 bits per heavy atom. The third kappa shape index (κ3) is 3.18. The van der Waals surface area contributed by atoms with Crippen LogP contribution in [0.3, 0.4) is 0 Å². The molecule has 1 aromatic heterocycles. The fraction of sp³-hybridized carbons (Fsp3) is 0.333. The maximum atomic E-state index is 12.8. The minimum Gasteiger partial charge on any atom is -0.392 e. The molecule has 1 aromatic carbocycles. The van der Waals surface area contributed by atoms with Crippen LogP contribution in [0.5, 0.6) is 0 Å². The summed E-state index contributed by atoms with van der Waals surface area (Å²) in [6, 6.07) is 8.61. The van der Waals surface area contributed by atoms with Crippen molar-refractivity contribution in [2.24, 2.45) is 0 Å². The molecule has 0 saturated heterocycles. The van der Waals surface area contributed by atoms with Gasteiger partial charge in [-0.05, 0) is 42.5 Å². The van der Waals surface area contributed by atoms with Crippen molar-refractivity contribution >= 4 is 21.4 Å². The molecule has 1 unspecified atom stereocenters. The highest BCUT2D eigenvalue weighted by atomic mass is 32.2. The minimum atomic E-state index is -3.60. The summed E-state index contributed by atoms with van der Waals surface area (Å²) in [4.78, 5) is 1.25. The minimum absolute atomic E-state index is 0.174. The molecule has 0 amide bonds. The van der Waals surface area contributed by atoms with Gasteiger partial charge >= 0.3 is 0 Å². The first-order valence-corrected chi connectivity index (χ1v) is 8.91. The molecule has 0 aliphatic carbocycles. The zero-order valence-electron chi connectivity index (χ0n) is 12.3. The Morgan fingerprint density at radius 2 is 2.05 bits per heavy atom. The van der Waals surface area contributed by atoms with Crippen molar-refractivity contribution in [2.45, 2.75) is 31.4 Å². The van der Waals surface area contributed by atoms with E-state index in [0.717, 1.165) is 4.88 Å². The molecule has 0 bridgehead atoms. The third-order valence-corrected chi connectivity index (χ3v) is 6.71. The second-order valence-electron chi connectivity index (χ2n) is 4.97. The molecule has 1 N–H and O–H groups in total. The molecule has 2 rings (SSSR count). The van der Waals surface area contributed by atoms with Crippen LogP contribution in [-0.4, -0.2) is 24.9 Å². The summed E-state index contributed by atoms with van der Waals surface area (Å²) >= 11 is 1.54. The van der Waals surface area contributed by atoms with Crippen molar-refractivity contribution in [3.05, 3.63) is 51.7 Å². The molecule has 0 aliphatic rings. The number of aryl methyl sites for hydroxylation is 1. The van der Waals surface area contributed by atoms with Crippen molar-refractivity contribution in [1.29, 1.82) is 0 Å². The molecule has 21 heavy (non-hydrogen) atoms. The van der Waals surface area contributed by atoms with Gasteiger partial charge in [0.25, 0.3) is 0 Å². The standard InChI is InChI=1S/C15H19NO3S2/c1-11-6-7-13(10-17)9-15(11)21(18,19)16(3)12(2)14-5-4-8-20-14/h4-9,12,17H,10H2,1-3H3. The molecule has 0 saturated carbocycles. The van der Waals surface area contributed by atoms with Gasteiger partial charge in [-0.2, -0.15) is 4.31 Å². The van der Waals surface area contributed by atoms with E-state index in [1.807, 2.05) is 24.4 Å². The lowest BCUT2D eigenvalue weighted by atomic mass is 10.2. The van der Waals surface area contributed by atoms with Crippen LogP contribution in [0.1, 0.15) is 29.0 Å². The fourth-order valence-corrected chi connectivity index (χ4v) is 4.60. The van der Waals surface area contributed by atoms with Gasteiger partial charge in [-0.1, -0.05) is 18.2 Å². The predicted molar refractivity (Wildman–Crippen MR) is 84.8 cm³/mol. The number of nitrogens with zero attached hydrogens (tertiary/aromatic N) is 1. The van der Waals surface area contributed by atoms with E-state index in [0.29, 0.717) is 11.1 Å². The topological polar surface area (TPSA) is 57.6 Å². The van der Waals surface area contributed by atoms with Gasteiger partial charge in [0.2, 0.25) is 10.0 Å². The van der Waals surface area contributed by atoms with Crippen molar-refractivity contribution in [2.75, 3.05) is 7.05 Å². The van der Waals surface area contributed by atoms with Crippen LogP contribution < -0.4 is 0 Å². The summed E-state index contributed by atoms with van der Waals surface area (Å²) in [5, 5.41) is 11.1. The van der Waals surface area contributed by atoms with Crippen LogP contribution in [0.25, 0.3) is 0 Å². The van der Waals surface area contributed by atoms with Gasteiger partial charge < -0.3 is 5.11 Å². The Hall–Kier alpha value is -1.21. The zero-order chi connectivity index (χ0) is 15.6. The molecule has 4 nitrogen and oxygen atoms in total. The van der Waals surface area contributed by atoms with Crippen LogP contribution in [0, 0.1) is 6.92 Å². The molecule has 0 radical (unpaired) electrons. The Labute approximate surface area is 129 Å². The van der Waals surface area contributed by atoms with Gasteiger partial charge in [-0.15, -0.1) is 11.3 Å². The second-order valence-corrected chi connectivity index (χ2v) is 7.92. The number of benzene rings is 1. The van der Waals surface area contributed by atoms with Gasteiger partial charge in [0.05, 0.1) is 17.5 Å². The van der Waals surface area contributed by atoms with E-state index >= 15 is 0 Å². The SMILES string of the molecule is Cc1ccc(CO)cc1S(=O)(=O)N(C)C(C)c1cccs1. The van der Waals surface area contributed by atoms with Crippen LogP contribution in [0.2, 0.25) is 0 Å². The summed E-state index contributed by atoms with van der Waals surface area (Å²) < 4.78 is 27.0. The highest BCUT2D eigenvalue weighted by molar-refractivity contribution is 7.89. The fourth-order valence-electron chi connectivity index (χ4n) is 2.09. The van der Waals surface area contributed by atoms with E-state index < -0.39 is 10.0 Å². The van der Waals surface area contributed by atoms with Gasteiger partial charge in [0.15, 0.2) is 0 Å². The number of sulfonamides is 1. The van der Waals surface area contributed by atoms with Crippen molar-refractivity contribution in [1.82, 2.24) is 4.31 Å². The number of aliphatic hydroxyl groups is 1. The molecule has 1 heterocycles. The second kappa shape index (κ2) is 6.27. The molecule has 114 valence electrons. The quantitative estimate of drug-likeness (QED) is 0.919. The van der Waals surface area contributed by atoms with Crippen molar-refractivity contribution in [3.63, 3.8) is 0 Å². The van der Waals surface area contributed by atoms with E-state index in [9.17, 15) is 13.5 Å². The molecule has 0 fully saturated rings. The van der Waals surface area contributed by atoms with Crippen LogP contribution in [-0.2, 0) is 16.6 Å². The lowest BCUT2D eigenvalue weighted by Gasteiger charge is -2.24. The van der Waals surface area contributed by atoms with Gasteiger partial charge in [0.1, 0.15) is 0 Å². The monoisotopic (exact) mass is 325 g/mol. The lowest BCUT2D eigenvalue weighted by molar-refractivity contribution is 0.281. The highest BCUT2D eigenvalue weighted by Gasteiger charge is 2.28. The van der Waals surface area contributed by atoms with Crippen molar-refractivity contribution < 1.29 is 13.5 Å². The summed E-state index contributed by atoms with van der Waals surface area (Å²) in [7, 11) is -2.01. The molecule has 1 atom stereocenters. The van der Waals surface area contributed by atoms with Crippen LogP contribution in [0.4, 0.5) is 0 Å². The van der Waals surface area contributed by atoms with Gasteiger partial charge in [-0.25, -0.2) is 8.42 Å². The summed E-state index contributed by atoms with van der Waals surface area (Å²) in [6.07, 6.45) is 0. The summed E-state index contributed by atoms with van der Waals surface area (Å²) in [5.74, 6) is 0. The average molecular weight is 325 g/mol. The molecule has 0 aliphatic heterocycles. The van der Waals surface area contributed by atoms with E-state index in [-0.39, 0.29) is 17.5 Å². The predicted octanol–water partition coefficient (Wildman–Crippen LogP) is 2.93. The van der Waals surface area contributed by atoms with Crippen molar-refractivity contribution in [3.8, 4) is 0 Å². The number of rotatable bonds is 5. The molecular weight excluding hydrogens is 306 g/mol. The van der Waals surface area contributed by atoms with Gasteiger partial charge in [0, 0.05) is 11.9 Å². The zero-order valence-corrected chi connectivity index (χ0v) is 13.9. The normalized spacial score (nSPS) is 13.6. The Bertz CT molecular complexity index is 709. The average Bonchev–Trinajstić information content (AvgIpc) is 3.00. The first-order chi connectivity index (χ1) is 9.87. The third-order valence-electron chi connectivity index (χ3n) is 3.59. The Morgan fingerprint density at radius 3 is 2.62 bits per heavy atom. The Kier molecular flexibility index (Phi) is 4.83. The van der Waals surface area contributed by atoms with E-state index in [4.69, 9.17) is 0 Å². The highest BCUT2D eigenvalue weighted by Crippen LogP contribution is 2.30. The van der Waals surface area contributed by atoms with Crippen LogP contribution >= 0.6 is 11.3 Å². The summed E-state index contributed by atoms with van der Waals surface area (Å²) in [6.45, 7) is 3.46. The maximum Gasteiger partial charge on any atom is 0.243 e. The Balaban J connectivity index is 2.42. The number of thiophene rings is 1. The van der Waals surface area contributed by atoms with Gasteiger partial charge in [-0.3, -0.25) is 0 Å². The first kappa shape index (κ1) is 16.2. The molecule has 2 aromatic rings. The largest absolute Gasteiger partial charge is 0.392 e. The first-order valence-electron chi connectivity index (χ1n) is 6.59. The van der Waals surface area contributed by atoms with E-state index in [1.165, 1.54) is 15.6 Å². The number of hydrogen-bond acceptors (Lipinski definition) is 4. The summed E-state index contributed by atoms with van der Waals surface area (Å²) in [5.41, 5.74) is 1.27. The number of hydrogen-bond donors (Lipinski definition) is 1. The molecule has 6 heteroatoms. The van der Waals surface area contributed by atoms with E-state index in [1.54, 1.807) is 32.2 Å². The smallest absolute Gasteiger partial charge is 0.243 e. The molecular formula is C15H19NO3S2. The molecule has 0 spiro atoms. The van der Waals surface area contributed by atoms with Crippen LogP contribution in [0.15, 0.2) is 40.6 Å². The number of aliphatic hydroxyl groups excluding tert-OH is 1. The maximum absolute atomic E-state index is 12.8.